The first-order valence-electron chi connectivity index (χ1n) is 4.93. The van der Waals surface area contributed by atoms with Crippen LogP contribution in [0.1, 0.15) is 22.1 Å². The SMILES string of the molecule is Cc1nc(CNC(=O)c2cnn(C)c2N)no1. The van der Waals surface area contributed by atoms with Gasteiger partial charge < -0.3 is 15.6 Å². The Balaban J connectivity index is 2.00. The molecule has 0 saturated carbocycles. The van der Waals surface area contributed by atoms with Crippen LogP contribution in [0.5, 0.6) is 0 Å². The van der Waals surface area contributed by atoms with Crippen LogP contribution in [0.2, 0.25) is 0 Å². The van der Waals surface area contributed by atoms with Crippen molar-refractivity contribution in [3.05, 3.63) is 23.5 Å². The highest BCUT2D eigenvalue weighted by atomic mass is 16.5. The smallest absolute Gasteiger partial charge is 0.257 e. The van der Waals surface area contributed by atoms with Crippen LogP contribution in [0.15, 0.2) is 10.7 Å². The van der Waals surface area contributed by atoms with Crippen molar-refractivity contribution in [3.8, 4) is 0 Å². The largest absolute Gasteiger partial charge is 0.383 e. The molecule has 0 aromatic carbocycles. The maximum Gasteiger partial charge on any atom is 0.257 e. The zero-order valence-corrected chi connectivity index (χ0v) is 9.47. The minimum absolute atomic E-state index is 0.185. The zero-order valence-electron chi connectivity index (χ0n) is 9.47. The molecule has 0 aliphatic heterocycles. The molecule has 2 heterocycles. The Bertz CT molecular complexity index is 543. The summed E-state index contributed by atoms with van der Waals surface area (Å²) in [4.78, 5) is 15.7. The van der Waals surface area contributed by atoms with E-state index in [2.05, 4.69) is 20.6 Å². The van der Waals surface area contributed by atoms with Crippen LogP contribution in [-0.4, -0.2) is 25.8 Å². The van der Waals surface area contributed by atoms with Crippen molar-refractivity contribution in [2.45, 2.75) is 13.5 Å². The Kier molecular flexibility index (Phi) is 2.77. The summed E-state index contributed by atoms with van der Waals surface area (Å²) in [6.45, 7) is 1.86. The maximum atomic E-state index is 11.7. The molecule has 90 valence electrons. The minimum Gasteiger partial charge on any atom is -0.383 e. The molecule has 0 saturated heterocycles. The molecule has 17 heavy (non-hydrogen) atoms. The van der Waals surface area contributed by atoms with Gasteiger partial charge in [0.15, 0.2) is 5.82 Å². The van der Waals surface area contributed by atoms with Gasteiger partial charge in [-0.15, -0.1) is 0 Å². The quantitative estimate of drug-likeness (QED) is 0.751. The van der Waals surface area contributed by atoms with Gasteiger partial charge in [-0.1, -0.05) is 5.16 Å². The fraction of sp³-hybridized carbons (Fsp3) is 0.333. The van der Waals surface area contributed by atoms with Crippen LogP contribution in [-0.2, 0) is 13.6 Å². The van der Waals surface area contributed by atoms with Crippen molar-refractivity contribution in [3.63, 3.8) is 0 Å². The van der Waals surface area contributed by atoms with Gasteiger partial charge in [0, 0.05) is 14.0 Å². The molecule has 3 N–H and O–H groups in total. The summed E-state index contributed by atoms with van der Waals surface area (Å²) in [5.41, 5.74) is 5.99. The summed E-state index contributed by atoms with van der Waals surface area (Å²) >= 11 is 0. The first kappa shape index (κ1) is 11.1. The van der Waals surface area contributed by atoms with Gasteiger partial charge in [-0.05, 0) is 0 Å². The van der Waals surface area contributed by atoms with Crippen molar-refractivity contribution in [1.29, 1.82) is 0 Å². The molecule has 0 bridgehead atoms. The van der Waals surface area contributed by atoms with Gasteiger partial charge in [-0.25, -0.2) is 0 Å². The summed E-state index contributed by atoms with van der Waals surface area (Å²) < 4.78 is 6.20. The molecule has 1 amide bonds. The van der Waals surface area contributed by atoms with Gasteiger partial charge in [-0.3, -0.25) is 9.48 Å². The van der Waals surface area contributed by atoms with Gasteiger partial charge in [0.1, 0.15) is 11.4 Å². The van der Waals surface area contributed by atoms with E-state index in [9.17, 15) is 4.79 Å². The molecule has 0 radical (unpaired) electrons. The summed E-state index contributed by atoms with van der Waals surface area (Å²) in [5.74, 6) is 0.860. The number of amides is 1. The average Bonchev–Trinajstić information content (AvgIpc) is 2.84. The standard InChI is InChI=1S/C9H12N6O2/c1-5-13-7(14-17-5)4-11-9(16)6-3-12-15(2)8(6)10/h3H,4,10H2,1-2H3,(H,11,16). The molecule has 2 aromatic rings. The van der Waals surface area contributed by atoms with E-state index in [4.69, 9.17) is 10.3 Å². The Morgan fingerprint density at radius 2 is 2.41 bits per heavy atom. The summed E-state index contributed by atoms with van der Waals surface area (Å²) in [6.07, 6.45) is 1.41. The predicted octanol–water partition coefficient (Wildman–Crippen LogP) is -0.376. The van der Waals surface area contributed by atoms with Crippen LogP contribution < -0.4 is 11.1 Å². The van der Waals surface area contributed by atoms with E-state index in [1.165, 1.54) is 10.9 Å². The third-order valence-corrected chi connectivity index (χ3v) is 2.21. The number of aryl methyl sites for hydroxylation is 2. The monoisotopic (exact) mass is 236 g/mol. The maximum absolute atomic E-state index is 11.7. The van der Waals surface area contributed by atoms with Gasteiger partial charge in [0.05, 0.1) is 12.7 Å². The van der Waals surface area contributed by atoms with E-state index in [1.54, 1.807) is 14.0 Å². The first-order valence-corrected chi connectivity index (χ1v) is 4.93. The molecule has 8 heteroatoms. The van der Waals surface area contributed by atoms with E-state index < -0.39 is 0 Å². The van der Waals surface area contributed by atoms with E-state index in [0.717, 1.165) is 0 Å². The molecule has 0 fully saturated rings. The van der Waals surface area contributed by atoms with Gasteiger partial charge in [0.25, 0.3) is 5.91 Å². The number of hydrogen-bond acceptors (Lipinski definition) is 6. The Hall–Kier alpha value is -2.38. The molecule has 0 aliphatic carbocycles. The lowest BCUT2D eigenvalue weighted by Crippen LogP contribution is -2.24. The number of anilines is 1. The normalized spacial score (nSPS) is 10.5. The minimum atomic E-state index is -0.321. The van der Waals surface area contributed by atoms with Gasteiger partial charge >= 0.3 is 0 Å². The molecule has 0 atom stereocenters. The van der Waals surface area contributed by atoms with Crippen LogP contribution in [0.4, 0.5) is 5.82 Å². The Morgan fingerprint density at radius 1 is 1.65 bits per heavy atom. The summed E-state index contributed by atoms with van der Waals surface area (Å²) in [5, 5.41) is 10.2. The predicted molar refractivity (Wildman–Crippen MR) is 57.8 cm³/mol. The van der Waals surface area contributed by atoms with Crippen LogP contribution >= 0.6 is 0 Å². The zero-order chi connectivity index (χ0) is 12.4. The van der Waals surface area contributed by atoms with E-state index in [1.807, 2.05) is 0 Å². The number of nitrogens with zero attached hydrogens (tertiary/aromatic N) is 4. The number of carbonyl (C=O) groups excluding carboxylic acids is 1. The Morgan fingerprint density at radius 3 is 2.94 bits per heavy atom. The Labute approximate surface area is 96.8 Å². The third kappa shape index (κ3) is 2.25. The van der Waals surface area contributed by atoms with E-state index in [-0.39, 0.29) is 12.5 Å². The molecule has 0 spiro atoms. The second-order valence-corrected chi connectivity index (χ2v) is 3.48. The highest BCUT2D eigenvalue weighted by molar-refractivity contribution is 5.98. The van der Waals surface area contributed by atoms with Crippen LogP contribution in [0.25, 0.3) is 0 Å². The van der Waals surface area contributed by atoms with E-state index >= 15 is 0 Å². The number of nitrogen functional groups attached to an aromatic ring is 1. The third-order valence-electron chi connectivity index (χ3n) is 2.21. The summed E-state index contributed by atoms with van der Waals surface area (Å²) in [7, 11) is 1.66. The second-order valence-electron chi connectivity index (χ2n) is 3.48. The number of carbonyl (C=O) groups is 1. The number of nitrogens with one attached hydrogen (secondary N) is 1. The number of nitrogens with two attached hydrogens (primary N) is 1. The molecule has 0 unspecified atom stereocenters. The van der Waals surface area contributed by atoms with Crippen molar-refractivity contribution in [1.82, 2.24) is 25.2 Å². The fourth-order valence-corrected chi connectivity index (χ4v) is 1.29. The first-order chi connectivity index (χ1) is 8.08. The van der Waals surface area contributed by atoms with Crippen molar-refractivity contribution in [2.24, 2.45) is 7.05 Å². The number of hydrogen-bond donors (Lipinski definition) is 2. The lowest BCUT2D eigenvalue weighted by molar-refractivity contribution is 0.0950. The number of rotatable bonds is 3. The molecule has 2 aromatic heterocycles. The van der Waals surface area contributed by atoms with Crippen molar-refractivity contribution < 1.29 is 9.32 Å². The number of aromatic nitrogens is 4. The van der Waals surface area contributed by atoms with Crippen LogP contribution in [0, 0.1) is 6.92 Å². The highest BCUT2D eigenvalue weighted by Gasteiger charge is 2.14. The van der Waals surface area contributed by atoms with Crippen molar-refractivity contribution in [2.75, 3.05) is 5.73 Å². The molecule has 8 nitrogen and oxygen atoms in total. The summed E-state index contributed by atoms with van der Waals surface area (Å²) in [6, 6.07) is 0. The second kappa shape index (κ2) is 4.24. The van der Waals surface area contributed by atoms with Crippen molar-refractivity contribution >= 4 is 11.7 Å². The topological polar surface area (TPSA) is 112 Å². The highest BCUT2D eigenvalue weighted by Crippen LogP contribution is 2.08. The fourth-order valence-electron chi connectivity index (χ4n) is 1.29. The van der Waals surface area contributed by atoms with Gasteiger partial charge in [0.2, 0.25) is 5.89 Å². The molecular weight excluding hydrogens is 224 g/mol. The molecule has 2 rings (SSSR count). The lowest BCUT2D eigenvalue weighted by atomic mass is 10.3. The van der Waals surface area contributed by atoms with E-state index in [0.29, 0.717) is 23.1 Å². The lowest BCUT2D eigenvalue weighted by Gasteiger charge is -2.01. The molecular formula is C9H12N6O2. The van der Waals surface area contributed by atoms with Gasteiger partial charge in [-0.2, -0.15) is 10.1 Å². The molecule has 0 aliphatic rings. The average molecular weight is 236 g/mol. The van der Waals surface area contributed by atoms with Crippen LogP contribution in [0.3, 0.4) is 0 Å².